The first-order chi connectivity index (χ1) is 10.1. The van der Waals surface area contributed by atoms with Crippen molar-refractivity contribution in [2.75, 3.05) is 6.54 Å². The van der Waals surface area contributed by atoms with E-state index in [4.69, 9.17) is 16.0 Å². The number of aryl methyl sites for hydroxylation is 2. The molecule has 1 atom stereocenters. The average Bonchev–Trinajstić information content (AvgIpc) is 3.01. The molecule has 3 nitrogen and oxygen atoms in total. The van der Waals surface area contributed by atoms with Gasteiger partial charge >= 0.3 is 0 Å². The third-order valence-electron chi connectivity index (χ3n) is 4.32. The Morgan fingerprint density at radius 2 is 2.14 bits per heavy atom. The molecular formula is C17H21ClN2O. The number of rotatable bonds is 4. The maximum atomic E-state index is 6.29. The van der Waals surface area contributed by atoms with Crippen LogP contribution in [0.4, 0.5) is 0 Å². The van der Waals surface area contributed by atoms with E-state index in [0.29, 0.717) is 6.04 Å². The summed E-state index contributed by atoms with van der Waals surface area (Å²) in [6.45, 7) is 5.87. The molecule has 0 saturated carbocycles. The Morgan fingerprint density at radius 3 is 2.86 bits per heavy atom. The van der Waals surface area contributed by atoms with Crippen molar-refractivity contribution in [3.8, 4) is 0 Å². The lowest BCUT2D eigenvalue weighted by Crippen LogP contribution is -2.30. The first kappa shape index (κ1) is 14.6. The number of halogens is 1. The Balaban J connectivity index is 1.69. The van der Waals surface area contributed by atoms with Gasteiger partial charge in [-0.2, -0.15) is 0 Å². The van der Waals surface area contributed by atoms with Crippen LogP contribution in [0, 0.1) is 13.8 Å². The van der Waals surface area contributed by atoms with Crippen molar-refractivity contribution in [3.63, 3.8) is 0 Å². The largest absolute Gasteiger partial charge is 0.444 e. The first-order valence-electron chi connectivity index (χ1n) is 7.54. The van der Waals surface area contributed by atoms with Gasteiger partial charge in [-0.3, -0.25) is 4.90 Å². The molecule has 1 aromatic heterocycles. The second-order valence-electron chi connectivity index (χ2n) is 5.81. The van der Waals surface area contributed by atoms with E-state index < -0.39 is 0 Å². The quantitative estimate of drug-likeness (QED) is 0.849. The number of likely N-dealkylation sites (tertiary alicyclic amines) is 1. The van der Waals surface area contributed by atoms with Gasteiger partial charge in [-0.15, -0.1) is 0 Å². The van der Waals surface area contributed by atoms with Crippen LogP contribution in [0.1, 0.15) is 35.7 Å². The standard InChI is InChI=1S/C17H21ClN2O/c1-12-13(2)21-17(19-12)11-20-9-5-7-15(20)10-14-6-3-4-8-16(14)18/h3-4,6,8,15H,5,7,9-11H2,1-2H3/t15-/m0/s1. The molecular weight excluding hydrogens is 284 g/mol. The minimum atomic E-state index is 0.525. The van der Waals surface area contributed by atoms with Crippen LogP contribution >= 0.6 is 11.6 Å². The van der Waals surface area contributed by atoms with Crippen LogP contribution in [0.5, 0.6) is 0 Å². The highest BCUT2D eigenvalue weighted by Gasteiger charge is 2.26. The first-order valence-corrected chi connectivity index (χ1v) is 7.91. The molecule has 21 heavy (non-hydrogen) atoms. The Morgan fingerprint density at radius 1 is 1.33 bits per heavy atom. The normalized spacial score (nSPS) is 19.3. The monoisotopic (exact) mass is 304 g/mol. The van der Waals surface area contributed by atoms with Crippen molar-refractivity contribution in [1.29, 1.82) is 0 Å². The van der Waals surface area contributed by atoms with Gasteiger partial charge in [0.2, 0.25) is 5.89 Å². The van der Waals surface area contributed by atoms with Crippen LogP contribution < -0.4 is 0 Å². The predicted octanol–water partition coefficient (Wildman–Crippen LogP) is 4.15. The van der Waals surface area contributed by atoms with E-state index in [1.807, 2.05) is 26.0 Å². The molecule has 1 aromatic carbocycles. The highest BCUT2D eigenvalue weighted by molar-refractivity contribution is 6.31. The summed E-state index contributed by atoms with van der Waals surface area (Å²) in [5.41, 5.74) is 2.22. The molecule has 1 aliphatic rings. The van der Waals surface area contributed by atoms with Gasteiger partial charge in [0.1, 0.15) is 5.76 Å². The molecule has 2 aromatic rings. The lowest BCUT2D eigenvalue weighted by Gasteiger charge is -2.23. The number of nitrogens with zero attached hydrogens (tertiary/aromatic N) is 2. The van der Waals surface area contributed by atoms with E-state index >= 15 is 0 Å². The molecule has 4 heteroatoms. The van der Waals surface area contributed by atoms with Crippen LogP contribution in [0.3, 0.4) is 0 Å². The predicted molar refractivity (Wildman–Crippen MR) is 84.6 cm³/mol. The Hall–Kier alpha value is -1.32. The molecule has 1 fully saturated rings. The van der Waals surface area contributed by atoms with Gasteiger partial charge in [0, 0.05) is 11.1 Å². The Kier molecular flexibility index (Phi) is 4.32. The fourth-order valence-electron chi connectivity index (χ4n) is 3.03. The molecule has 2 heterocycles. The Bertz CT molecular complexity index is 604. The summed E-state index contributed by atoms with van der Waals surface area (Å²) in [6.07, 6.45) is 3.44. The zero-order valence-corrected chi connectivity index (χ0v) is 13.4. The number of oxazole rings is 1. The fourth-order valence-corrected chi connectivity index (χ4v) is 3.25. The van der Waals surface area contributed by atoms with Crippen LogP contribution in [-0.2, 0) is 13.0 Å². The number of aromatic nitrogens is 1. The molecule has 0 radical (unpaired) electrons. The smallest absolute Gasteiger partial charge is 0.208 e. The van der Waals surface area contributed by atoms with Crippen LogP contribution in [-0.4, -0.2) is 22.5 Å². The van der Waals surface area contributed by atoms with Crippen LogP contribution in [0.15, 0.2) is 28.7 Å². The molecule has 1 aliphatic heterocycles. The van der Waals surface area contributed by atoms with Gasteiger partial charge in [-0.1, -0.05) is 29.8 Å². The summed E-state index contributed by atoms with van der Waals surface area (Å²) in [7, 11) is 0. The van der Waals surface area contributed by atoms with Crippen molar-refractivity contribution in [3.05, 3.63) is 52.2 Å². The molecule has 0 unspecified atom stereocenters. The maximum Gasteiger partial charge on any atom is 0.208 e. The Labute approximate surface area is 130 Å². The van der Waals surface area contributed by atoms with Crippen molar-refractivity contribution in [2.45, 2.75) is 45.7 Å². The molecule has 0 N–H and O–H groups in total. The highest BCUT2D eigenvalue weighted by atomic mass is 35.5. The van der Waals surface area contributed by atoms with E-state index in [1.54, 1.807) is 0 Å². The van der Waals surface area contributed by atoms with Gasteiger partial charge in [0.05, 0.1) is 12.2 Å². The van der Waals surface area contributed by atoms with Gasteiger partial charge < -0.3 is 4.42 Å². The van der Waals surface area contributed by atoms with Crippen molar-refractivity contribution < 1.29 is 4.42 Å². The van der Waals surface area contributed by atoms with Gasteiger partial charge in [-0.25, -0.2) is 4.98 Å². The minimum Gasteiger partial charge on any atom is -0.444 e. The van der Waals surface area contributed by atoms with Crippen molar-refractivity contribution >= 4 is 11.6 Å². The average molecular weight is 305 g/mol. The number of hydrogen-bond acceptors (Lipinski definition) is 3. The zero-order chi connectivity index (χ0) is 14.8. The van der Waals surface area contributed by atoms with E-state index in [2.05, 4.69) is 22.0 Å². The summed E-state index contributed by atoms with van der Waals surface area (Å²) in [5.74, 6) is 1.75. The SMILES string of the molecule is Cc1nc(CN2CCC[C@H]2Cc2ccccc2Cl)oc1C. The van der Waals surface area contributed by atoms with Crippen molar-refractivity contribution in [2.24, 2.45) is 0 Å². The van der Waals surface area contributed by atoms with Crippen LogP contribution in [0.2, 0.25) is 5.02 Å². The van der Waals surface area contributed by atoms with Gasteiger partial charge in [0.25, 0.3) is 0 Å². The topological polar surface area (TPSA) is 29.3 Å². The van der Waals surface area contributed by atoms with Gasteiger partial charge in [0.15, 0.2) is 0 Å². The summed E-state index contributed by atoms with van der Waals surface area (Å²) >= 11 is 6.29. The summed E-state index contributed by atoms with van der Waals surface area (Å²) in [5, 5.41) is 0.868. The third kappa shape index (κ3) is 3.30. The summed E-state index contributed by atoms with van der Waals surface area (Å²) in [6, 6.07) is 8.66. The van der Waals surface area contributed by atoms with E-state index in [9.17, 15) is 0 Å². The minimum absolute atomic E-state index is 0.525. The van der Waals surface area contributed by atoms with Gasteiger partial charge in [-0.05, 0) is 51.3 Å². The van der Waals surface area contributed by atoms with E-state index in [-0.39, 0.29) is 0 Å². The second-order valence-corrected chi connectivity index (χ2v) is 6.22. The molecule has 0 bridgehead atoms. The van der Waals surface area contributed by atoms with E-state index in [1.165, 1.54) is 18.4 Å². The second kappa shape index (κ2) is 6.20. The zero-order valence-electron chi connectivity index (χ0n) is 12.6. The molecule has 112 valence electrons. The molecule has 3 rings (SSSR count). The summed E-state index contributed by atoms with van der Waals surface area (Å²) < 4.78 is 5.72. The molecule has 0 spiro atoms. The molecule has 1 saturated heterocycles. The van der Waals surface area contributed by atoms with Crippen LogP contribution in [0.25, 0.3) is 0 Å². The number of hydrogen-bond donors (Lipinski definition) is 0. The maximum absolute atomic E-state index is 6.29. The lowest BCUT2D eigenvalue weighted by molar-refractivity contribution is 0.219. The fraction of sp³-hybridized carbons (Fsp3) is 0.471. The highest BCUT2D eigenvalue weighted by Crippen LogP contribution is 2.26. The lowest BCUT2D eigenvalue weighted by atomic mass is 10.0. The third-order valence-corrected chi connectivity index (χ3v) is 4.69. The molecule has 0 aliphatic carbocycles. The summed E-state index contributed by atoms with van der Waals surface area (Å²) in [4.78, 5) is 6.96. The van der Waals surface area contributed by atoms with E-state index in [0.717, 1.165) is 41.9 Å². The van der Waals surface area contributed by atoms with Crippen molar-refractivity contribution in [1.82, 2.24) is 9.88 Å². The molecule has 0 amide bonds. The number of benzene rings is 1.